The van der Waals surface area contributed by atoms with Gasteiger partial charge in [-0.2, -0.15) is 0 Å². The lowest BCUT2D eigenvalue weighted by Gasteiger charge is -2.16. The third kappa shape index (κ3) is 4.33. The molecule has 1 atom stereocenters. The topological polar surface area (TPSA) is 92.4 Å². The maximum atomic E-state index is 11.9. The number of carboxylic acid groups (broad SMARTS) is 1. The van der Waals surface area contributed by atoms with E-state index in [1.54, 1.807) is 12.1 Å². The minimum Gasteiger partial charge on any atom is -0.478 e. The van der Waals surface area contributed by atoms with Crippen LogP contribution >= 0.6 is 15.9 Å². The van der Waals surface area contributed by atoms with Gasteiger partial charge in [0.25, 0.3) is 0 Å². The SMILES string of the molecule is CC(C)C[C@@H](N)C(=O)Nc1c(Br)cccc1C(=O)O. The van der Waals surface area contributed by atoms with Gasteiger partial charge in [0, 0.05) is 4.47 Å². The number of nitrogens with two attached hydrogens (primary N) is 1. The van der Waals surface area contributed by atoms with E-state index in [2.05, 4.69) is 21.2 Å². The van der Waals surface area contributed by atoms with Gasteiger partial charge in [-0.3, -0.25) is 4.79 Å². The van der Waals surface area contributed by atoms with Crippen LogP contribution in [0.2, 0.25) is 0 Å². The van der Waals surface area contributed by atoms with E-state index in [4.69, 9.17) is 10.8 Å². The summed E-state index contributed by atoms with van der Waals surface area (Å²) in [7, 11) is 0. The second-order valence-electron chi connectivity index (χ2n) is 4.69. The maximum Gasteiger partial charge on any atom is 0.337 e. The van der Waals surface area contributed by atoms with Gasteiger partial charge in [0.2, 0.25) is 5.91 Å². The van der Waals surface area contributed by atoms with Gasteiger partial charge in [-0.15, -0.1) is 0 Å². The Morgan fingerprint density at radius 3 is 2.58 bits per heavy atom. The van der Waals surface area contributed by atoms with Crippen molar-refractivity contribution in [2.75, 3.05) is 5.32 Å². The van der Waals surface area contributed by atoms with Crippen LogP contribution in [0, 0.1) is 5.92 Å². The van der Waals surface area contributed by atoms with Gasteiger partial charge < -0.3 is 16.2 Å². The number of hydrogen-bond donors (Lipinski definition) is 3. The molecule has 0 spiro atoms. The molecule has 1 amide bonds. The Hall–Kier alpha value is -1.40. The summed E-state index contributed by atoms with van der Waals surface area (Å²) in [5, 5.41) is 11.7. The first kappa shape index (κ1) is 15.7. The first-order valence-corrected chi connectivity index (χ1v) is 6.70. The minimum absolute atomic E-state index is 0.0273. The smallest absolute Gasteiger partial charge is 0.337 e. The van der Waals surface area contributed by atoms with Gasteiger partial charge >= 0.3 is 5.97 Å². The Kier molecular flexibility index (Phi) is 5.50. The van der Waals surface area contributed by atoms with Crippen molar-refractivity contribution in [2.45, 2.75) is 26.3 Å². The van der Waals surface area contributed by atoms with Crippen molar-refractivity contribution in [1.29, 1.82) is 0 Å². The molecule has 0 fully saturated rings. The molecule has 6 heteroatoms. The number of amides is 1. The average molecular weight is 329 g/mol. The van der Waals surface area contributed by atoms with Crippen molar-refractivity contribution in [3.8, 4) is 0 Å². The van der Waals surface area contributed by atoms with Crippen molar-refractivity contribution >= 4 is 33.5 Å². The first-order chi connectivity index (χ1) is 8.82. The van der Waals surface area contributed by atoms with Gasteiger partial charge in [0.1, 0.15) is 0 Å². The summed E-state index contributed by atoms with van der Waals surface area (Å²) in [5.74, 6) is -1.20. The number of carboxylic acids is 1. The lowest BCUT2D eigenvalue weighted by Crippen LogP contribution is -2.37. The van der Waals surface area contributed by atoms with Crippen molar-refractivity contribution in [2.24, 2.45) is 11.7 Å². The molecule has 1 aromatic carbocycles. The molecule has 0 aliphatic heterocycles. The highest BCUT2D eigenvalue weighted by Gasteiger charge is 2.19. The summed E-state index contributed by atoms with van der Waals surface area (Å²) in [6, 6.07) is 4.03. The molecule has 0 unspecified atom stereocenters. The minimum atomic E-state index is -1.10. The fourth-order valence-corrected chi connectivity index (χ4v) is 2.13. The van der Waals surface area contributed by atoms with Crippen LogP contribution in [0.25, 0.3) is 0 Å². The second kappa shape index (κ2) is 6.68. The molecule has 19 heavy (non-hydrogen) atoms. The lowest BCUT2D eigenvalue weighted by atomic mass is 10.0. The fourth-order valence-electron chi connectivity index (χ4n) is 1.66. The van der Waals surface area contributed by atoms with Gasteiger partial charge in [0.05, 0.1) is 17.3 Å². The molecule has 0 saturated carbocycles. The second-order valence-corrected chi connectivity index (χ2v) is 5.55. The first-order valence-electron chi connectivity index (χ1n) is 5.91. The predicted octanol–water partition coefficient (Wildman–Crippen LogP) is 2.46. The zero-order valence-corrected chi connectivity index (χ0v) is 12.4. The van der Waals surface area contributed by atoms with Crippen molar-refractivity contribution in [1.82, 2.24) is 0 Å². The number of nitrogens with one attached hydrogen (secondary N) is 1. The van der Waals surface area contributed by atoms with E-state index in [1.807, 2.05) is 13.8 Å². The van der Waals surface area contributed by atoms with E-state index < -0.39 is 12.0 Å². The third-order valence-corrected chi connectivity index (χ3v) is 3.22. The number of halogens is 1. The Morgan fingerprint density at radius 1 is 1.42 bits per heavy atom. The maximum absolute atomic E-state index is 11.9. The molecule has 4 N–H and O–H groups in total. The molecule has 104 valence electrons. The van der Waals surface area contributed by atoms with Crippen molar-refractivity contribution < 1.29 is 14.7 Å². The average Bonchev–Trinajstić information content (AvgIpc) is 2.30. The molecule has 0 heterocycles. The highest BCUT2D eigenvalue weighted by Crippen LogP contribution is 2.26. The largest absolute Gasteiger partial charge is 0.478 e. The Balaban J connectivity index is 2.93. The van der Waals surface area contributed by atoms with E-state index >= 15 is 0 Å². The number of benzene rings is 1. The molecular formula is C13H17BrN2O3. The number of para-hydroxylation sites is 1. The quantitative estimate of drug-likeness (QED) is 0.774. The number of rotatable bonds is 5. The normalized spacial score (nSPS) is 12.3. The molecule has 0 aliphatic rings. The molecule has 1 aromatic rings. The van der Waals surface area contributed by atoms with Gasteiger partial charge in [-0.1, -0.05) is 19.9 Å². The molecular weight excluding hydrogens is 312 g/mol. The molecule has 0 aromatic heterocycles. The van der Waals surface area contributed by atoms with Gasteiger partial charge in [0.15, 0.2) is 0 Å². The Labute approximate surface area is 120 Å². The van der Waals surface area contributed by atoms with E-state index in [9.17, 15) is 9.59 Å². The Bertz CT molecular complexity index is 489. The molecule has 5 nitrogen and oxygen atoms in total. The van der Waals surface area contributed by atoms with Crippen LogP contribution in [0.3, 0.4) is 0 Å². The number of carbonyl (C=O) groups excluding carboxylic acids is 1. The molecule has 0 saturated heterocycles. The highest BCUT2D eigenvalue weighted by atomic mass is 79.9. The van der Waals surface area contributed by atoms with Crippen LogP contribution < -0.4 is 11.1 Å². The third-order valence-electron chi connectivity index (χ3n) is 2.55. The summed E-state index contributed by atoms with van der Waals surface area (Å²) in [4.78, 5) is 23.0. The Morgan fingerprint density at radius 2 is 2.05 bits per heavy atom. The van der Waals surface area contributed by atoms with Gasteiger partial charge in [-0.25, -0.2) is 4.79 Å². The van der Waals surface area contributed by atoms with Crippen molar-refractivity contribution in [3.05, 3.63) is 28.2 Å². The van der Waals surface area contributed by atoms with Crippen LogP contribution in [0.5, 0.6) is 0 Å². The highest BCUT2D eigenvalue weighted by molar-refractivity contribution is 9.10. The number of carbonyl (C=O) groups is 2. The number of hydrogen-bond acceptors (Lipinski definition) is 3. The summed E-state index contributed by atoms with van der Waals surface area (Å²) >= 11 is 3.23. The van der Waals surface area contributed by atoms with Gasteiger partial charge in [-0.05, 0) is 40.4 Å². The van der Waals surface area contributed by atoms with Crippen LogP contribution in [-0.4, -0.2) is 23.0 Å². The molecule has 0 radical (unpaired) electrons. The van der Waals surface area contributed by atoms with E-state index in [-0.39, 0.29) is 17.2 Å². The van der Waals surface area contributed by atoms with Crippen LogP contribution in [0.1, 0.15) is 30.6 Å². The molecule has 0 bridgehead atoms. The summed E-state index contributed by atoms with van der Waals surface area (Å²) < 4.78 is 0.512. The zero-order valence-electron chi connectivity index (χ0n) is 10.8. The molecule has 0 aliphatic carbocycles. The lowest BCUT2D eigenvalue weighted by molar-refractivity contribution is -0.117. The standard InChI is InChI=1S/C13H17BrN2O3/c1-7(2)6-10(15)12(17)16-11-8(13(18)19)4-3-5-9(11)14/h3-5,7,10H,6,15H2,1-2H3,(H,16,17)(H,18,19)/t10-/m1/s1. The van der Waals surface area contributed by atoms with Crippen LogP contribution in [-0.2, 0) is 4.79 Å². The molecule has 1 rings (SSSR count). The van der Waals surface area contributed by atoms with Crippen LogP contribution in [0.4, 0.5) is 5.69 Å². The van der Waals surface area contributed by atoms with E-state index in [1.165, 1.54) is 6.07 Å². The van der Waals surface area contributed by atoms with E-state index in [0.717, 1.165) is 0 Å². The van der Waals surface area contributed by atoms with E-state index in [0.29, 0.717) is 16.8 Å². The zero-order chi connectivity index (χ0) is 14.6. The number of aromatic carboxylic acids is 1. The van der Waals surface area contributed by atoms with Crippen molar-refractivity contribution in [3.63, 3.8) is 0 Å². The summed E-state index contributed by atoms with van der Waals surface area (Å²) in [6.45, 7) is 3.93. The summed E-state index contributed by atoms with van der Waals surface area (Å²) in [5.41, 5.74) is 6.03. The monoisotopic (exact) mass is 328 g/mol. The predicted molar refractivity (Wildman–Crippen MR) is 77.2 cm³/mol. The fraction of sp³-hybridized carbons (Fsp3) is 0.385. The van der Waals surface area contributed by atoms with Crippen LogP contribution in [0.15, 0.2) is 22.7 Å². The summed E-state index contributed by atoms with van der Waals surface area (Å²) in [6.07, 6.45) is 0.540. The number of anilines is 1.